The standard InChI is InChI=1S/C11H15N2O4.2C10H14N2O2.C9H13O2.C2H2N4O2.2CH3.N2.2Y/c14-6-17-8-5-3-1-2-4-7-9(8)11(16)13-12-10(7)15;2*13-9-7-5-3-1-2-4-6-8(7)10(14)12-11-9;10-8-11-9-6-4-2-1-3-5-7-9;7-1-3-5-2(8)6-4-1;;;1-2;;/h7-9H,1-5H2,(H,12,15)(H,13,16);1-6H2,(H,11,13)(H,12,14);5,8H,1-4,6H2,(H,11,13)(H,12,14);4,6,9H,1-3,5,7H2;(H,3,4,7)(H,5,6,8);2*1H3;;;/q-1;;;-1;;2*-1;;;/b;;;6-4+;;;;;;. The third kappa shape index (κ3) is 23.4. The van der Waals surface area contributed by atoms with Crippen LogP contribution in [0, 0.1) is 43.4 Å². The van der Waals surface area contributed by atoms with Crippen molar-refractivity contribution in [1.82, 2.24) is 52.3 Å². The molecular formula is C44H64N12O12Y2-4. The Bertz CT molecular complexity index is 2140. The van der Waals surface area contributed by atoms with Crippen molar-refractivity contribution in [2.75, 3.05) is 0 Å². The first-order chi connectivity index (χ1) is 32.0. The number of carbonyl (C=O) groups is 4. The fourth-order valence-corrected chi connectivity index (χ4v) is 8.23. The molecule has 1 saturated carbocycles. The number of hydrogen-bond donors (Lipinski definition) is 8. The van der Waals surface area contributed by atoms with Gasteiger partial charge in [0.2, 0.25) is 17.7 Å². The summed E-state index contributed by atoms with van der Waals surface area (Å²) >= 11 is 0. The van der Waals surface area contributed by atoms with Crippen LogP contribution in [0.2, 0.25) is 0 Å². The van der Waals surface area contributed by atoms with Crippen LogP contribution in [0.3, 0.4) is 0 Å². The van der Waals surface area contributed by atoms with Gasteiger partial charge in [0, 0.05) is 92.9 Å². The fourth-order valence-electron chi connectivity index (χ4n) is 8.23. The minimum absolute atomic E-state index is 0. The molecule has 5 atom stereocenters. The SMILES string of the molecule is N#N.O=C1NNC(=O)C2CCCCCC=C12.O=[C-]OC1/C=C/CCCCC1.O=[C-]OC1CCCCCC2C(=O)NNC(=O)C12.O=c1[nH][nH]c(=O)c2c1CCCCCC2.O=c1nnc(=O)[nH][nH]1.[CH3-].[CH3-].[Y].[Y]. The molecular weight excluding hydrogens is 1070 g/mol. The number of amides is 4. The molecule has 6 aliphatic rings. The van der Waals surface area contributed by atoms with Gasteiger partial charge in [-0.15, -0.1) is 0 Å². The summed E-state index contributed by atoms with van der Waals surface area (Å²) in [5.41, 5.74) is 9.93. The van der Waals surface area contributed by atoms with Crippen LogP contribution in [0.1, 0.15) is 133 Å². The topological polar surface area (TPSA) is 374 Å². The van der Waals surface area contributed by atoms with Gasteiger partial charge in [0.25, 0.3) is 17.0 Å². The Kier molecular flexibility index (Phi) is 37.3. The van der Waals surface area contributed by atoms with Gasteiger partial charge in [0.15, 0.2) is 0 Å². The Morgan fingerprint density at radius 1 is 0.543 bits per heavy atom. The number of carbonyl (C=O) groups excluding carboxylic acids is 6. The maximum atomic E-state index is 11.8. The minimum atomic E-state index is -0.662. The van der Waals surface area contributed by atoms with E-state index in [1.54, 1.807) is 0 Å². The number of fused-ring (bicyclic) bond motifs is 3. The zero-order chi connectivity index (χ0) is 48.1. The number of ether oxygens (including phenoxy) is 2. The summed E-state index contributed by atoms with van der Waals surface area (Å²) in [7, 11) is 0. The summed E-state index contributed by atoms with van der Waals surface area (Å²) in [5, 5.41) is 26.4. The fraction of sp³-hybridized carbons (Fsp3) is 0.591. The van der Waals surface area contributed by atoms with E-state index in [0.29, 0.717) is 29.5 Å². The second-order valence-corrected chi connectivity index (χ2v) is 15.9. The molecule has 4 aliphatic carbocycles. The van der Waals surface area contributed by atoms with Crippen molar-refractivity contribution in [3.05, 3.63) is 91.5 Å². The smallest absolute Gasteiger partial charge is 0.378 e. The van der Waals surface area contributed by atoms with E-state index in [0.717, 1.165) is 109 Å². The Morgan fingerprint density at radius 3 is 1.63 bits per heavy atom. The third-order valence-electron chi connectivity index (χ3n) is 11.5. The van der Waals surface area contributed by atoms with Crippen LogP contribution in [-0.2, 0) is 117 Å². The van der Waals surface area contributed by atoms with Crippen molar-refractivity contribution in [3.8, 4) is 0 Å². The minimum Gasteiger partial charge on any atom is -0.650 e. The molecule has 4 amide bonds. The third-order valence-corrected chi connectivity index (χ3v) is 11.5. The summed E-state index contributed by atoms with van der Waals surface area (Å²) in [6.07, 6.45) is 26.0. The maximum absolute atomic E-state index is 11.8. The van der Waals surface area contributed by atoms with Crippen molar-refractivity contribution in [1.29, 1.82) is 10.8 Å². The molecule has 4 heterocycles. The van der Waals surface area contributed by atoms with E-state index >= 15 is 0 Å². The Hall–Kier alpha value is -4.85. The van der Waals surface area contributed by atoms with Gasteiger partial charge in [0.05, 0.1) is 30.0 Å². The second-order valence-electron chi connectivity index (χ2n) is 15.9. The molecule has 382 valence electrons. The van der Waals surface area contributed by atoms with Crippen molar-refractivity contribution in [3.63, 3.8) is 0 Å². The van der Waals surface area contributed by atoms with Gasteiger partial charge in [0.1, 0.15) is 0 Å². The van der Waals surface area contributed by atoms with Crippen LogP contribution >= 0.6 is 0 Å². The van der Waals surface area contributed by atoms with E-state index in [2.05, 4.69) is 48.2 Å². The quantitative estimate of drug-likeness (QED) is 0.123. The molecule has 2 aromatic heterocycles. The van der Waals surface area contributed by atoms with Crippen LogP contribution in [0.4, 0.5) is 0 Å². The molecule has 2 radical (unpaired) electrons. The van der Waals surface area contributed by atoms with Gasteiger partial charge in [-0.1, -0.05) is 86.3 Å². The maximum Gasteiger partial charge on any atom is 0.378 e. The average molecular weight is 1130 g/mol. The van der Waals surface area contributed by atoms with Crippen LogP contribution in [-0.4, -0.2) is 79.4 Å². The van der Waals surface area contributed by atoms with E-state index in [1.165, 1.54) is 25.8 Å². The molecule has 24 nitrogen and oxygen atoms in total. The molecule has 3 fully saturated rings. The first-order valence-electron chi connectivity index (χ1n) is 22.2. The number of nitrogens with zero attached hydrogens (tertiary/aromatic N) is 4. The van der Waals surface area contributed by atoms with E-state index in [9.17, 15) is 47.9 Å². The molecule has 2 aromatic rings. The van der Waals surface area contributed by atoms with Crippen molar-refractivity contribution in [2.24, 2.45) is 17.8 Å². The van der Waals surface area contributed by atoms with Gasteiger partial charge < -0.3 is 33.9 Å². The van der Waals surface area contributed by atoms with Gasteiger partial charge in [-0.2, -0.15) is 0 Å². The predicted octanol–water partition coefficient (Wildman–Crippen LogP) is 1.91. The monoisotopic (exact) mass is 1130 g/mol. The van der Waals surface area contributed by atoms with Gasteiger partial charge in [-0.05, 0) is 89.9 Å². The Morgan fingerprint density at radius 2 is 1.04 bits per heavy atom. The van der Waals surface area contributed by atoms with Gasteiger partial charge in [-0.25, -0.2) is 19.8 Å². The summed E-state index contributed by atoms with van der Waals surface area (Å²) in [5.74, 6) is -1.89. The molecule has 2 saturated heterocycles. The zero-order valence-electron chi connectivity index (χ0n) is 39.8. The number of H-pyrrole nitrogens is 4. The van der Waals surface area contributed by atoms with Crippen LogP contribution in [0.5, 0.6) is 0 Å². The average Bonchev–Trinajstić information content (AvgIpc) is 3.27. The number of hydrazine groups is 2. The molecule has 2 aliphatic heterocycles. The van der Waals surface area contributed by atoms with Crippen molar-refractivity contribution in [2.45, 2.75) is 147 Å². The Balaban J connectivity index is 0. The molecule has 8 rings (SSSR count). The molecule has 0 bridgehead atoms. The van der Waals surface area contributed by atoms with E-state index in [-0.39, 0.29) is 127 Å². The first kappa shape index (κ1) is 67.2. The number of hydrogen-bond acceptors (Lipinski definition) is 16. The largest absolute Gasteiger partial charge is 0.650 e. The summed E-state index contributed by atoms with van der Waals surface area (Å²) in [4.78, 5) is 110. The number of aromatic nitrogens is 6. The van der Waals surface area contributed by atoms with Crippen LogP contribution < -0.4 is 44.2 Å². The molecule has 0 spiro atoms. The second kappa shape index (κ2) is 38.8. The van der Waals surface area contributed by atoms with Gasteiger partial charge in [-0.3, -0.25) is 60.7 Å². The number of allylic oxidation sites excluding steroid dienone is 2. The number of rotatable bonds is 4. The zero-order valence-corrected chi connectivity index (χ0v) is 45.5. The summed E-state index contributed by atoms with van der Waals surface area (Å²) < 4.78 is 9.59. The predicted molar refractivity (Wildman–Crippen MR) is 244 cm³/mol. The van der Waals surface area contributed by atoms with E-state index in [1.807, 2.05) is 22.3 Å². The van der Waals surface area contributed by atoms with E-state index < -0.39 is 29.3 Å². The number of nitrogens with one attached hydrogen (secondary N) is 8. The number of aromatic amines is 4. The van der Waals surface area contributed by atoms with Crippen molar-refractivity contribution >= 4 is 36.6 Å². The van der Waals surface area contributed by atoms with Gasteiger partial charge >= 0.3 is 11.4 Å². The van der Waals surface area contributed by atoms with Crippen LogP contribution in [0.15, 0.2) is 43.0 Å². The molecule has 26 heteroatoms. The molecule has 70 heavy (non-hydrogen) atoms. The molecule has 8 N–H and O–H groups in total. The molecule has 0 aromatic carbocycles. The first-order valence-corrected chi connectivity index (χ1v) is 22.2. The van der Waals surface area contributed by atoms with Crippen LogP contribution in [0.25, 0.3) is 0 Å². The summed E-state index contributed by atoms with van der Waals surface area (Å²) in [6.45, 7) is 2.88. The Labute approximate surface area is 456 Å². The normalized spacial score (nSPS) is 22.5. The summed E-state index contributed by atoms with van der Waals surface area (Å²) in [6, 6.07) is 0. The molecule has 5 unspecified atom stereocenters. The van der Waals surface area contributed by atoms with E-state index in [4.69, 9.17) is 20.3 Å². The van der Waals surface area contributed by atoms with Crippen molar-refractivity contribution < 1.29 is 104 Å².